The van der Waals surface area contributed by atoms with E-state index in [9.17, 15) is 14.4 Å². The summed E-state index contributed by atoms with van der Waals surface area (Å²) in [5.74, 6) is 0. The Bertz CT molecular complexity index is 540. The van der Waals surface area contributed by atoms with E-state index in [0.29, 0.717) is 6.42 Å². The zero-order chi connectivity index (χ0) is 19.6. The highest BCUT2D eigenvalue weighted by Crippen LogP contribution is 2.54. The molecule has 1 unspecified atom stereocenters. The molecule has 0 fully saturated rings. The summed E-state index contributed by atoms with van der Waals surface area (Å²) >= 11 is 0. The first-order valence-corrected chi connectivity index (χ1v) is 12.0. The fraction of sp³-hybridized carbons (Fsp3) is 0.727. The molecular formula is C22H39O3P. The minimum atomic E-state index is -4.13. The summed E-state index contributed by atoms with van der Waals surface area (Å²) in [6.07, 6.45) is 11.5. The highest BCUT2D eigenvalue weighted by molar-refractivity contribution is 7.52. The standard InChI is InChI=1S/C22H39O3P/c1-5-6-7-8-9-10-11-12-13-14-21(26(23,24)25)19-15-17-20(18-16-19)22(2,3)4/h15-18,21H,5-14H2,1-4H3,(H2,23,24,25). The second-order valence-electron chi connectivity index (χ2n) is 8.59. The summed E-state index contributed by atoms with van der Waals surface area (Å²) in [7, 11) is -4.13. The predicted molar refractivity (Wildman–Crippen MR) is 112 cm³/mol. The fourth-order valence-corrected chi connectivity index (χ4v) is 4.46. The van der Waals surface area contributed by atoms with Crippen LogP contribution in [0.15, 0.2) is 24.3 Å². The molecule has 0 saturated carbocycles. The Morgan fingerprint density at radius 2 is 1.31 bits per heavy atom. The molecule has 0 saturated heterocycles. The van der Waals surface area contributed by atoms with Crippen LogP contribution in [-0.2, 0) is 9.98 Å². The predicted octanol–water partition coefficient (Wildman–Crippen LogP) is 7.12. The van der Waals surface area contributed by atoms with E-state index in [1.807, 2.05) is 24.3 Å². The molecule has 1 aromatic carbocycles. The van der Waals surface area contributed by atoms with Gasteiger partial charge in [0.15, 0.2) is 0 Å². The van der Waals surface area contributed by atoms with Crippen LogP contribution in [0.5, 0.6) is 0 Å². The topological polar surface area (TPSA) is 57.5 Å². The van der Waals surface area contributed by atoms with Crippen molar-refractivity contribution in [3.05, 3.63) is 35.4 Å². The number of benzene rings is 1. The van der Waals surface area contributed by atoms with Gasteiger partial charge in [-0.2, -0.15) is 0 Å². The zero-order valence-electron chi connectivity index (χ0n) is 17.2. The molecule has 0 spiro atoms. The van der Waals surface area contributed by atoms with Gasteiger partial charge in [-0.3, -0.25) is 4.57 Å². The molecule has 4 heteroatoms. The lowest BCUT2D eigenvalue weighted by Crippen LogP contribution is -2.11. The van der Waals surface area contributed by atoms with Crippen molar-refractivity contribution < 1.29 is 14.4 Å². The Morgan fingerprint density at radius 3 is 1.73 bits per heavy atom. The van der Waals surface area contributed by atoms with Crippen LogP contribution >= 0.6 is 7.60 Å². The average molecular weight is 383 g/mol. The minimum Gasteiger partial charge on any atom is -0.324 e. The number of hydrogen-bond donors (Lipinski definition) is 2. The Kier molecular flexibility index (Phi) is 10.1. The molecule has 26 heavy (non-hydrogen) atoms. The lowest BCUT2D eigenvalue weighted by atomic mass is 9.86. The van der Waals surface area contributed by atoms with Crippen molar-refractivity contribution in [3.8, 4) is 0 Å². The molecule has 0 bridgehead atoms. The summed E-state index contributed by atoms with van der Waals surface area (Å²) in [6, 6.07) is 7.82. The van der Waals surface area contributed by atoms with Gasteiger partial charge < -0.3 is 9.79 Å². The van der Waals surface area contributed by atoms with Crippen molar-refractivity contribution in [2.24, 2.45) is 0 Å². The van der Waals surface area contributed by atoms with Gasteiger partial charge in [0.2, 0.25) is 0 Å². The number of hydrogen-bond acceptors (Lipinski definition) is 1. The van der Waals surface area contributed by atoms with Gasteiger partial charge in [0, 0.05) is 0 Å². The number of rotatable bonds is 12. The maximum Gasteiger partial charge on any atom is 0.332 e. The second-order valence-corrected chi connectivity index (χ2v) is 10.4. The van der Waals surface area contributed by atoms with Crippen molar-refractivity contribution in [2.75, 3.05) is 0 Å². The van der Waals surface area contributed by atoms with Gasteiger partial charge in [0.1, 0.15) is 0 Å². The summed E-state index contributed by atoms with van der Waals surface area (Å²) in [5.41, 5.74) is 1.34. The Hall–Kier alpha value is -0.630. The largest absolute Gasteiger partial charge is 0.332 e. The Morgan fingerprint density at radius 1 is 0.846 bits per heavy atom. The van der Waals surface area contributed by atoms with Crippen molar-refractivity contribution in [2.45, 2.75) is 103 Å². The first-order chi connectivity index (χ1) is 12.2. The first-order valence-electron chi connectivity index (χ1n) is 10.3. The van der Waals surface area contributed by atoms with E-state index in [-0.39, 0.29) is 5.41 Å². The van der Waals surface area contributed by atoms with E-state index in [4.69, 9.17) is 0 Å². The van der Waals surface area contributed by atoms with Crippen LogP contribution < -0.4 is 0 Å². The molecule has 0 radical (unpaired) electrons. The van der Waals surface area contributed by atoms with Crippen molar-refractivity contribution >= 4 is 7.60 Å². The van der Waals surface area contributed by atoms with Crippen molar-refractivity contribution in [1.29, 1.82) is 0 Å². The van der Waals surface area contributed by atoms with E-state index < -0.39 is 13.3 Å². The van der Waals surface area contributed by atoms with Gasteiger partial charge in [-0.15, -0.1) is 0 Å². The molecule has 2 N–H and O–H groups in total. The van der Waals surface area contributed by atoms with Crippen LogP contribution in [0.3, 0.4) is 0 Å². The van der Waals surface area contributed by atoms with Gasteiger partial charge in [0.25, 0.3) is 0 Å². The maximum atomic E-state index is 12.0. The average Bonchev–Trinajstić information content (AvgIpc) is 2.55. The molecular weight excluding hydrogens is 343 g/mol. The van der Waals surface area contributed by atoms with Gasteiger partial charge in [-0.05, 0) is 23.0 Å². The van der Waals surface area contributed by atoms with E-state index in [1.165, 1.54) is 50.5 Å². The first kappa shape index (κ1) is 23.4. The molecule has 1 aromatic rings. The number of unbranched alkanes of at least 4 members (excludes halogenated alkanes) is 8. The lowest BCUT2D eigenvalue weighted by molar-refractivity contribution is 0.353. The molecule has 3 nitrogen and oxygen atoms in total. The Balaban J connectivity index is 2.47. The van der Waals surface area contributed by atoms with Gasteiger partial charge in [-0.1, -0.05) is 110 Å². The SMILES string of the molecule is CCCCCCCCCCCC(c1ccc(C(C)(C)C)cc1)P(=O)(O)O. The fourth-order valence-electron chi connectivity index (χ4n) is 3.38. The van der Waals surface area contributed by atoms with E-state index >= 15 is 0 Å². The van der Waals surface area contributed by atoms with Crippen LogP contribution in [0.25, 0.3) is 0 Å². The third-order valence-electron chi connectivity index (χ3n) is 5.15. The van der Waals surface area contributed by atoms with Crippen LogP contribution in [0.1, 0.15) is 109 Å². The van der Waals surface area contributed by atoms with E-state index in [0.717, 1.165) is 18.4 Å². The minimum absolute atomic E-state index is 0.0489. The van der Waals surface area contributed by atoms with Gasteiger partial charge in [0.05, 0.1) is 5.66 Å². The van der Waals surface area contributed by atoms with Crippen LogP contribution in [-0.4, -0.2) is 9.79 Å². The highest BCUT2D eigenvalue weighted by Gasteiger charge is 2.30. The van der Waals surface area contributed by atoms with Crippen LogP contribution in [0, 0.1) is 0 Å². The summed E-state index contributed by atoms with van der Waals surface area (Å²) in [5, 5.41) is 0. The maximum absolute atomic E-state index is 12.0. The monoisotopic (exact) mass is 382 g/mol. The molecule has 1 atom stereocenters. The van der Waals surface area contributed by atoms with E-state index in [2.05, 4.69) is 27.7 Å². The molecule has 150 valence electrons. The molecule has 0 amide bonds. The van der Waals surface area contributed by atoms with Crippen LogP contribution in [0.4, 0.5) is 0 Å². The van der Waals surface area contributed by atoms with Crippen molar-refractivity contribution in [1.82, 2.24) is 0 Å². The molecule has 0 aliphatic carbocycles. The second kappa shape index (κ2) is 11.3. The normalized spacial score (nSPS) is 13.8. The third-order valence-corrected chi connectivity index (χ3v) is 6.52. The Labute approximate surface area is 160 Å². The van der Waals surface area contributed by atoms with E-state index in [1.54, 1.807) is 0 Å². The molecule has 0 aromatic heterocycles. The highest BCUT2D eigenvalue weighted by atomic mass is 31.2. The molecule has 0 aliphatic rings. The third kappa shape index (κ3) is 8.84. The smallest absolute Gasteiger partial charge is 0.324 e. The molecule has 0 heterocycles. The zero-order valence-corrected chi connectivity index (χ0v) is 18.1. The quantitative estimate of drug-likeness (QED) is 0.299. The molecule has 1 rings (SSSR count). The summed E-state index contributed by atoms with van der Waals surface area (Å²) in [6.45, 7) is 8.66. The summed E-state index contributed by atoms with van der Waals surface area (Å²) in [4.78, 5) is 19.6. The van der Waals surface area contributed by atoms with Crippen LogP contribution in [0.2, 0.25) is 0 Å². The van der Waals surface area contributed by atoms with Crippen molar-refractivity contribution in [3.63, 3.8) is 0 Å². The van der Waals surface area contributed by atoms with Gasteiger partial charge in [-0.25, -0.2) is 0 Å². The van der Waals surface area contributed by atoms with Gasteiger partial charge >= 0.3 is 7.60 Å². The lowest BCUT2D eigenvalue weighted by Gasteiger charge is -2.22. The molecule has 0 aliphatic heterocycles. The summed E-state index contributed by atoms with van der Waals surface area (Å²) < 4.78 is 12.0.